The van der Waals surface area contributed by atoms with Crippen LogP contribution in [0.2, 0.25) is 10.0 Å². The van der Waals surface area contributed by atoms with Gasteiger partial charge < -0.3 is 10.1 Å². The smallest absolute Gasteiger partial charge is 0.0798 e. The third-order valence-corrected chi connectivity index (χ3v) is 4.35. The molecule has 0 saturated heterocycles. The lowest BCUT2D eigenvalue weighted by Gasteiger charge is -2.29. The molecule has 1 aromatic rings. The predicted octanol–water partition coefficient (Wildman–Crippen LogP) is 4.46. The van der Waals surface area contributed by atoms with Crippen LogP contribution in [0.25, 0.3) is 0 Å². The highest BCUT2D eigenvalue weighted by Crippen LogP contribution is 2.42. The van der Waals surface area contributed by atoms with Crippen LogP contribution in [0.15, 0.2) is 18.2 Å². The maximum atomic E-state index is 6.37. The van der Waals surface area contributed by atoms with Gasteiger partial charge in [0, 0.05) is 6.61 Å². The van der Waals surface area contributed by atoms with Gasteiger partial charge >= 0.3 is 0 Å². The Bertz CT molecular complexity index is 421. The molecule has 2 unspecified atom stereocenters. The van der Waals surface area contributed by atoms with Gasteiger partial charge in [0.2, 0.25) is 0 Å². The van der Waals surface area contributed by atoms with E-state index in [1.54, 1.807) is 0 Å². The summed E-state index contributed by atoms with van der Waals surface area (Å²) in [7, 11) is 0. The second-order valence-corrected chi connectivity index (χ2v) is 5.72. The molecule has 0 radical (unpaired) electrons. The normalized spacial score (nSPS) is 18.3. The Morgan fingerprint density at radius 3 is 2.63 bits per heavy atom. The van der Waals surface area contributed by atoms with Crippen molar-refractivity contribution in [3.05, 3.63) is 33.8 Å². The first-order valence-corrected chi connectivity index (χ1v) is 7.73. The molecule has 19 heavy (non-hydrogen) atoms. The molecule has 0 spiro atoms. The third-order valence-electron chi connectivity index (χ3n) is 3.51. The van der Waals surface area contributed by atoms with Gasteiger partial charge in [-0.1, -0.05) is 42.3 Å². The molecular formula is C15H21Cl2NO. The van der Waals surface area contributed by atoms with Gasteiger partial charge in [-0.2, -0.15) is 0 Å². The lowest BCUT2D eigenvalue weighted by Crippen LogP contribution is -2.35. The van der Waals surface area contributed by atoms with Crippen LogP contribution in [-0.2, 0) is 4.74 Å². The Labute approximate surface area is 125 Å². The van der Waals surface area contributed by atoms with Crippen LogP contribution in [0.5, 0.6) is 0 Å². The monoisotopic (exact) mass is 301 g/mol. The van der Waals surface area contributed by atoms with E-state index < -0.39 is 0 Å². The average Bonchev–Trinajstić information content (AvgIpc) is 3.22. The highest BCUT2D eigenvalue weighted by molar-refractivity contribution is 6.42. The van der Waals surface area contributed by atoms with Crippen molar-refractivity contribution in [2.24, 2.45) is 5.92 Å². The molecule has 0 heterocycles. The van der Waals surface area contributed by atoms with Crippen LogP contribution < -0.4 is 5.32 Å². The van der Waals surface area contributed by atoms with Crippen molar-refractivity contribution in [3.63, 3.8) is 0 Å². The third kappa shape index (κ3) is 3.63. The van der Waals surface area contributed by atoms with Crippen molar-refractivity contribution in [1.29, 1.82) is 0 Å². The van der Waals surface area contributed by atoms with Crippen molar-refractivity contribution < 1.29 is 4.74 Å². The molecule has 4 heteroatoms. The lowest BCUT2D eigenvalue weighted by atomic mass is 9.97. The number of likely N-dealkylation sites (N-methyl/N-ethyl adjacent to an activating group) is 1. The van der Waals surface area contributed by atoms with E-state index in [0.29, 0.717) is 16.0 Å². The Balaban J connectivity index is 2.29. The van der Waals surface area contributed by atoms with E-state index in [0.717, 1.165) is 18.7 Å². The van der Waals surface area contributed by atoms with Crippen LogP contribution in [0.4, 0.5) is 0 Å². The van der Waals surface area contributed by atoms with Crippen LogP contribution in [-0.4, -0.2) is 19.3 Å². The molecule has 0 aromatic heterocycles. The van der Waals surface area contributed by atoms with Gasteiger partial charge in [-0.25, -0.2) is 0 Å². The SMILES string of the molecule is CCNC(c1cccc(Cl)c1Cl)C(OCC)C1CC1. The summed E-state index contributed by atoms with van der Waals surface area (Å²) in [5.41, 5.74) is 1.04. The highest BCUT2D eigenvalue weighted by atomic mass is 35.5. The van der Waals surface area contributed by atoms with E-state index >= 15 is 0 Å². The number of nitrogens with one attached hydrogen (secondary N) is 1. The van der Waals surface area contributed by atoms with E-state index in [1.165, 1.54) is 12.8 Å². The van der Waals surface area contributed by atoms with E-state index in [9.17, 15) is 0 Å². The van der Waals surface area contributed by atoms with E-state index in [1.807, 2.05) is 25.1 Å². The van der Waals surface area contributed by atoms with Crippen molar-refractivity contribution >= 4 is 23.2 Å². The van der Waals surface area contributed by atoms with Crippen molar-refractivity contribution in [2.45, 2.75) is 38.8 Å². The molecule has 0 bridgehead atoms. The number of benzene rings is 1. The lowest BCUT2D eigenvalue weighted by molar-refractivity contribution is 0.0190. The molecule has 0 aliphatic heterocycles. The average molecular weight is 302 g/mol. The van der Waals surface area contributed by atoms with Gasteiger partial charge in [0.15, 0.2) is 0 Å². The molecule has 2 nitrogen and oxygen atoms in total. The molecular weight excluding hydrogens is 281 g/mol. The fourth-order valence-corrected chi connectivity index (χ4v) is 2.93. The molecule has 1 N–H and O–H groups in total. The molecule has 1 saturated carbocycles. The Morgan fingerprint density at radius 1 is 1.32 bits per heavy atom. The molecule has 2 rings (SSSR count). The van der Waals surface area contributed by atoms with Gasteiger partial charge in [-0.15, -0.1) is 0 Å². The van der Waals surface area contributed by atoms with Crippen LogP contribution in [0, 0.1) is 5.92 Å². The van der Waals surface area contributed by atoms with Gasteiger partial charge in [0.1, 0.15) is 0 Å². The van der Waals surface area contributed by atoms with Crippen molar-refractivity contribution in [2.75, 3.05) is 13.2 Å². The second-order valence-electron chi connectivity index (χ2n) is 4.94. The summed E-state index contributed by atoms with van der Waals surface area (Å²) in [5.74, 6) is 0.638. The van der Waals surface area contributed by atoms with Crippen molar-refractivity contribution in [3.8, 4) is 0 Å². The summed E-state index contributed by atoms with van der Waals surface area (Å²) in [6, 6.07) is 5.92. The zero-order chi connectivity index (χ0) is 13.8. The summed E-state index contributed by atoms with van der Waals surface area (Å²) in [4.78, 5) is 0. The zero-order valence-electron chi connectivity index (χ0n) is 11.5. The molecule has 0 amide bonds. The maximum Gasteiger partial charge on any atom is 0.0798 e. The summed E-state index contributed by atoms with van der Waals surface area (Å²) >= 11 is 12.5. The number of hydrogen-bond acceptors (Lipinski definition) is 2. The summed E-state index contributed by atoms with van der Waals surface area (Å²) in [6.45, 7) is 5.74. The minimum Gasteiger partial charge on any atom is -0.376 e. The molecule has 1 fully saturated rings. The van der Waals surface area contributed by atoms with E-state index in [4.69, 9.17) is 27.9 Å². The summed E-state index contributed by atoms with van der Waals surface area (Å²) < 4.78 is 5.97. The largest absolute Gasteiger partial charge is 0.376 e. The second kappa shape index (κ2) is 6.94. The fraction of sp³-hybridized carbons (Fsp3) is 0.600. The van der Waals surface area contributed by atoms with Crippen molar-refractivity contribution in [1.82, 2.24) is 5.32 Å². The summed E-state index contributed by atoms with van der Waals surface area (Å²) in [6.07, 6.45) is 2.66. The standard InChI is InChI=1S/C15H21Cl2NO/c1-3-18-14(15(19-4-2)10-8-9-10)11-6-5-7-12(16)13(11)17/h5-7,10,14-15,18H,3-4,8-9H2,1-2H3. The first kappa shape index (κ1) is 15.1. The molecule has 1 aliphatic rings. The number of hydrogen-bond donors (Lipinski definition) is 1. The van der Waals surface area contributed by atoms with Gasteiger partial charge in [0.25, 0.3) is 0 Å². The fourth-order valence-electron chi connectivity index (χ4n) is 2.51. The first-order chi connectivity index (χ1) is 9.19. The van der Waals surface area contributed by atoms with E-state index in [2.05, 4.69) is 12.2 Å². The first-order valence-electron chi connectivity index (χ1n) is 6.97. The number of rotatable bonds is 7. The zero-order valence-corrected chi connectivity index (χ0v) is 13.0. The quantitative estimate of drug-likeness (QED) is 0.803. The van der Waals surface area contributed by atoms with Gasteiger partial charge in [-0.05, 0) is 43.9 Å². The van der Waals surface area contributed by atoms with E-state index in [-0.39, 0.29) is 12.1 Å². The van der Waals surface area contributed by atoms with Crippen LogP contribution in [0.3, 0.4) is 0 Å². The molecule has 1 aliphatic carbocycles. The Kier molecular flexibility index (Phi) is 5.52. The molecule has 2 atom stereocenters. The number of ether oxygens (including phenoxy) is 1. The van der Waals surface area contributed by atoms with Crippen LogP contribution >= 0.6 is 23.2 Å². The molecule has 1 aromatic carbocycles. The minimum absolute atomic E-state index is 0.114. The Morgan fingerprint density at radius 2 is 2.05 bits per heavy atom. The predicted molar refractivity (Wildman–Crippen MR) is 81.0 cm³/mol. The Hall–Kier alpha value is -0.280. The van der Waals surface area contributed by atoms with Crippen LogP contribution in [0.1, 0.15) is 38.3 Å². The van der Waals surface area contributed by atoms with Gasteiger partial charge in [-0.3, -0.25) is 0 Å². The van der Waals surface area contributed by atoms with Gasteiger partial charge in [0.05, 0.1) is 22.2 Å². The topological polar surface area (TPSA) is 21.3 Å². The number of halogens is 2. The minimum atomic E-state index is 0.114. The summed E-state index contributed by atoms with van der Waals surface area (Å²) in [5, 5.41) is 4.75. The highest BCUT2D eigenvalue weighted by Gasteiger charge is 2.38. The maximum absolute atomic E-state index is 6.37. The molecule has 106 valence electrons.